The minimum atomic E-state index is -0.518. The van der Waals surface area contributed by atoms with E-state index in [1.54, 1.807) is 6.07 Å². The maximum atomic E-state index is 11.9. The van der Waals surface area contributed by atoms with Crippen molar-refractivity contribution in [2.45, 2.75) is 39.8 Å². The molecule has 0 aliphatic heterocycles. The summed E-state index contributed by atoms with van der Waals surface area (Å²) in [4.78, 5) is 23.0. The number of amides is 2. The molecule has 2 atom stereocenters. The van der Waals surface area contributed by atoms with Crippen LogP contribution in [0.1, 0.15) is 39.3 Å². The van der Waals surface area contributed by atoms with Gasteiger partial charge in [-0.15, -0.1) is 0 Å². The highest BCUT2D eigenvalue weighted by atomic mass is 16.2. The van der Waals surface area contributed by atoms with Crippen molar-refractivity contribution in [3.8, 4) is 0 Å². The molecule has 2 amide bonds. The van der Waals surface area contributed by atoms with E-state index in [2.05, 4.69) is 10.6 Å². The summed E-state index contributed by atoms with van der Waals surface area (Å²) in [6.07, 6.45) is 0. The van der Waals surface area contributed by atoms with Crippen LogP contribution in [0.3, 0.4) is 0 Å². The van der Waals surface area contributed by atoms with Crippen LogP contribution < -0.4 is 16.4 Å². The molecule has 5 heteroatoms. The van der Waals surface area contributed by atoms with Crippen LogP contribution in [0.25, 0.3) is 0 Å². The van der Waals surface area contributed by atoms with Gasteiger partial charge in [0.05, 0.1) is 12.1 Å². The number of hydrogen-bond acceptors (Lipinski definition) is 3. The monoisotopic (exact) mass is 277 g/mol. The summed E-state index contributed by atoms with van der Waals surface area (Å²) in [6, 6.07) is 6.70. The molecule has 1 rings (SSSR count). The Morgan fingerprint density at radius 1 is 1.20 bits per heavy atom. The summed E-state index contributed by atoms with van der Waals surface area (Å²) < 4.78 is 0. The molecular weight excluding hydrogens is 254 g/mol. The van der Waals surface area contributed by atoms with E-state index >= 15 is 0 Å². The smallest absolute Gasteiger partial charge is 0.237 e. The van der Waals surface area contributed by atoms with Crippen molar-refractivity contribution in [3.05, 3.63) is 29.8 Å². The van der Waals surface area contributed by atoms with E-state index in [1.165, 1.54) is 6.92 Å². The number of anilines is 1. The largest absolute Gasteiger partial charge is 0.348 e. The zero-order chi connectivity index (χ0) is 15.3. The van der Waals surface area contributed by atoms with Gasteiger partial charge >= 0.3 is 0 Å². The molecule has 20 heavy (non-hydrogen) atoms. The molecule has 0 bridgehead atoms. The quantitative estimate of drug-likeness (QED) is 0.767. The van der Waals surface area contributed by atoms with Gasteiger partial charge in [-0.1, -0.05) is 26.0 Å². The second-order valence-electron chi connectivity index (χ2n) is 5.31. The molecule has 0 saturated carbocycles. The number of benzene rings is 1. The summed E-state index contributed by atoms with van der Waals surface area (Å²) in [5, 5.41) is 5.60. The van der Waals surface area contributed by atoms with Gasteiger partial charge in [0.25, 0.3) is 0 Å². The molecule has 1 aromatic rings. The van der Waals surface area contributed by atoms with E-state index in [4.69, 9.17) is 5.73 Å². The van der Waals surface area contributed by atoms with E-state index in [-0.39, 0.29) is 23.8 Å². The average molecular weight is 277 g/mol. The normalized spacial score (nSPS) is 13.7. The standard InChI is InChI=1S/C15H23N3O2/c1-9(2)14(16)15(20)17-10(3)12-6-5-7-13(8-12)18-11(4)19/h5-10,14H,16H2,1-4H3,(H,17,20)(H,18,19)/t10?,14-/m1/s1. The average Bonchev–Trinajstić information content (AvgIpc) is 2.37. The second kappa shape index (κ2) is 7.05. The second-order valence-corrected chi connectivity index (χ2v) is 5.31. The van der Waals surface area contributed by atoms with E-state index in [9.17, 15) is 9.59 Å². The molecule has 4 N–H and O–H groups in total. The summed E-state index contributed by atoms with van der Waals surface area (Å²) in [7, 11) is 0. The first-order chi connectivity index (χ1) is 9.31. The third kappa shape index (κ3) is 4.66. The number of nitrogens with two attached hydrogens (primary N) is 1. The first-order valence-electron chi connectivity index (χ1n) is 6.74. The Hall–Kier alpha value is -1.88. The highest BCUT2D eigenvalue weighted by Crippen LogP contribution is 2.17. The summed E-state index contributed by atoms with van der Waals surface area (Å²) in [5.41, 5.74) is 7.44. The fourth-order valence-electron chi connectivity index (χ4n) is 1.78. The van der Waals surface area contributed by atoms with E-state index in [0.717, 1.165) is 5.56 Å². The van der Waals surface area contributed by atoms with Crippen molar-refractivity contribution in [3.63, 3.8) is 0 Å². The molecule has 0 radical (unpaired) electrons. The van der Waals surface area contributed by atoms with Crippen molar-refractivity contribution in [1.29, 1.82) is 0 Å². The first-order valence-corrected chi connectivity index (χ1v) is 6.74. The van der Waals surface area contributed by atoms with Crippen LogP contribution in [0.4, 0.5) is 5.69 Å². The molecule has 0 heterocycles. The van der Waals surface area contributed by atoms with Gasteiger partial charge < -0.3 is 16.4 Å². The molecule has 0 saturated heterocycles. The van der Waals surface area contributed by atoms with E-state index in [0.29, 0.717) is 5.69 Å². The van der Waals surface area contributed by atoms with Gasteiger partial charge in [-0.25, -0.2) is 0 Å². The van der Waals surface area contributed by atoms with Gasteiger partial charge in [-0.3, -0.25) is 9.59 Å². The Kier molecular flexibility index (Phi) is 5.70. The van der Waals surface area contributed by atoms with Gasteiger partial charge in [0.1, 0.15) is 0 Å². The Labute approximate surface area is 119 Å². The lowest BCUT2D eigenvalue weighted by Gasteiger charge is -2.20. The van der Waals surface area contributed by atoms with Gasteiger partial charge in [0.2, 0.25) is 11.8 Å². The molecule has 0 fully saturated rings. The Morgan fingerprint density at radius 3 is 2.40 bits per heavy atom. The van der Waals surface area contributed by atoms with Crippen LogP contribution in [0.5, 0.6) is 0 Å². The van der Waals surface area contributed by atoms with E-state index < -0.39 is 6.04 Å². The summed E-state index contributed by atoms with van der Waals surface area (Å²) >= 11 is 0. The van der Waals surface area contributed by atoms with Crippen LogP contribution in [0.15, 0.2) is 24.3 Å². The molecule has 110 valence electrons. The molecule has 5 nitrogen and oxygen atoms in total. The maximum Gasteiger partial charge on any atom is 0.237 e. The van der Waals surface area contributed by atoms with Crippen LogP contribution in [0.2, 0.25) is 0 Å². The number of rotatable bonds is 5. The van der Waals surface area contributed by atoms with Crippen molar-refractivity contribution >= 4 is 17.5 Å². The van der Waals surface area contributed by atoms with Crippen molar-refractivity contribution in [2.75, 3.05) is 5.32 Å². The highest BCUT2D eigenvalue weighted by Gasteiger charge is 2.19. The summed E-state index contributed by atoms with van der Waals surface area (Å²) in [6.45, 7) is 7.16. The van der Waals surface area contributed by atoms with Crippen molar-refractivity contribution in [1.82, 2.24) is 5.32 Å². The van der Waals surface area contributed by atoms with Gasteiger partial charge in [-0.05, 0) is 30.5 Å². The Morgan fingerprint density at radius 2 is 1.85 bits per heavy atom. The maximum absolute atomic E-state index is 11.9. The predicted octanol–water partition coefficient (Wildman–Crippen LogP) is 1.81. The zero-order valence-electron chi connectivity index (χ0n) is 12.4. The third-order valence-corrected chi connectivity index (χ3v) is 3.09. The molecular formula is C15H23N3O2. The Bertz CT molecular complexity index is 486. The molecule has 0 spiro atoms. The Balaban J connectivity index is 2.74. The lowest BCUT2D eigenvalue weighted by Crippen LogP contribution is -2.44. The highest BCUT2D eigenvalue weighted by molar-refractivity contribution is 5.88. The number of hydrogen-bond donors (Lipinski definition) is 3. The molecule has 1 unspecified atom stereocenters. The molecule has 0 aliphatic rings. The minimum Gasteiger partial charge on any atom is -0.348 e. The fraction of sp³-hybridized carbons (Fsp3) is 0.467. The molecule has 1 aromatic carbocycles. The van der Waals surface area contributed by atoms with Crippen LogP contribution in [0, 0.1) is 5.92 Å². The fourth-order valence-corrected chi connectivity index (χ4v) is 1.78. The molecule has 0 aliphatic carbocycles. The van der Waals surface area contributed by atoms with Crippen LogP contribution in [-0.4, -0.2) is 17.9 Å². The molecule has 0 aromatic heterocycles. The third-order valence-electron chi connectivity index (χ3n) is 3.09. The lowest BCUT2D eigenvalue weighted by molar-refractivity contribution is -0.123. The lowest BCUT2D eigenvalue weighted by atomic mass is 10.0. The number of nitrogens with one attached hydrogen (secondary N) is 2. The summed E-state index contributed by atoms with van der Waals surface area (Å²) in [5.74, 6) is -0.203. The SMILES string of the molecule is CC(=O)Nc1cccc(C(C)NC(=O)[C@H](N)C(C)C)c1. The predicted molar refractivity (Wildman–Crippen MR) is 80.1 cm³/mol. The van der Waals surface area contributed by atoms with Crippen molar-refractivity contribution < 1.29 is 9.59 Å². The minimum absolute atomic E-state index is 0.0907. The first kappa shape index (κ1) is 16.2. The van der Waals surface area contributed by atoms with Gasteiger partial charge in [0.15, 0.2) is 0 Å². The van der Waals surface area contributed by atoms with E-state index in [1.807, 2.05) is 39.0 Å². The van der Waals surface area contributed by atoms with Crippen LogP contribution in [-0.2, 0) is 9.59 Å². The van der Waals surface area contributed by atoms with Crippen LogP contribution >= 0.6 is 0 Å². The topological polar surface area (TPSA) is 84.2 Å². The van der Waals surface area contributed by atoms with Gasteiger partial charge in [-0.2, -0.15) is 0 Å². The van der Waals surface area contributed by atoms with Crippen molar-refractivity contribution in [2.24, 2.45) is 11.7 Å². The zero-order valence-corrected chi connectivity index (χ0v) is 12.4. The number of carbonyl (C=O) groups is 2. The number of carbonyl (C=O) groups excluding carboxylic acids is 2. The van der Waals surface area contributed by atoms with Gasteiger partial charge in [0, 0.05) is 12.6 Å².